The van der Waals surface area contributed by atoms with Crippen LogP contribution in [-0.2, 0) is 16.9 Å². The SMILES string of the molecule is CC[C@@]1(O)CC(=O)Oc2c1cc1n(c2=O)Cc2cc3c(SC[Si](C)(C)C)c4c(cc3nc2-1)OCCO4. The van der Waals surface area contributed by atoms with Crippen LogP contribution >= 0.6 is 11.8 Å². The van der Waals surface area contributed by atoms with Crippen molar-refractivity contribution in [3.05, 3.63) is 39.7 Å². The van der Waals surface area contributed by atoms with Crippen molar-refractivity contribution < 1.29 is 24.1 Å². The number of pyridine rings is 2. The van der Waals surface area contributed by atoms with E-state index in [1.165, 1.54) is 0 Å². The maximum Gasteiger partial charge on any atom is 0.314 e. The highest BCUT2D eigenvalue weighted by molar-refractivity contribution is 8.01. The Balaban J connectivity index is 1.55. The second-order valence-corrected chi connectivity index (χ2v) is 17.8. The Labute approximate surface area is 213 Å². The number of esters is 1. The lowest BCUT2D eigenvalue weighted by molar-refractivity contribution is -0.143. The molecular weight excluding hydrogens is 496 g/mol. The van der Waals surface area contributed by atoms with Crippen molar-refractivity contribution in [3.8, 4) is 28.6 Å². The summed E-state index contributed by atoms with van der Waals surface area (Å²) in [5.74, 6) is 0.771. The maximum absolute atomic E-state index is 13.4. The van der Waals surface area contributed by atoms with Gasteiger partial charge in [0.1, 0.15) is 18.8 Å². The van der Waals surface area contributed by atoms with Gasteiger partial charge in [-0.2, -0.15) is 0 Å². The third kappa shape index (κ3) is 3.65. The third-order valence-electron chi connectivity index (χ3n) is 6.88. The van der Waals surface area contributed by atoms with Crippen LogP contribution in [0.1, 0.15) is 30.9 Å². The minimum absolute atomic E-state index is 0.0830. The molecule has 5 heterocycles. The quantitative estimate of drug-likeness (QED) is 0.242. The second kappa shape index (κ2) is 8.09. The highest BCUT2D eigenvalue weighted by Gasteiger charge is 2.42. The fraction of sp³-hybridized carbons (Fsp3) is 0.423. The molecule has 0 fully saturated rings. The lowest BCUT2D eigenvalue weighted by atomic mass is 9.85. The summed E-state index contributed by atoms with van der Waals surface area (Å²) >= 11 is 1.78. The molecule has 36 heavy (non-hydrogen) atoms. The van der Waals surface area contributed by atoms with Crippen molar-refractivity contribution >= 4 is 36.7 Å². The van der Waals surface area contributed by atoms with Gasteiger partial charge < -0.3 is 19.3 Å². The van der Waals surface area contributed by atoms with E-state index in [4.69, 9.17) is 19.2 Å². The topological polar surface area (TPSA) is 99.9 Å². The number of aliphatic hydroxyl groups is 1. The van der Waals surface area contributed by atoms with Gasteiger partial charge in [0.05, 0.1) is 42.8 Å². The summed E-state index contributed by atoms with van der Waals surface area (Å²) in [7, 11) is -1.35. The van der Waals surface area contributed by atoms with Gasteiger partial charge in [-0.3, -0.25) is 14.2 Å². The van der Waals surface area contributed by atoms with E-state index in [1.807, 2.05) is 6.07 Å². The molecule has 0 saturated carbocycles. The Morgan fingerprint density at radius 2 is 1.92 bits per heavy atom. The number of aromatic nitrogens is 2. The summed E-state index contributed by atoms with van der Waals surface area (Å²) in [5, 5.41) is 13.2. The molecule has 0 amide bonds. The summed E-state index contributed by atoms with van der Waals surface area (Å²) in [4.78, 5) is 31.6. The van der Waals surface area contributed by atoms with Crippen LogP contribution in [0.3, 0.4) is 0 Å². The van der Waals surface area contributed by atoms with Gasteiger partial charge in [0.2, 0.25) is 5.75 Å². The van der Waals surface area contributed by atoms with E-state index < -0.39 is 25.2 Å². The van der Waals surface area contributed by atoms with Gasteiger partial charge in [-0.15, -0.1) is 11.8 Å². The van der Waals surface area contributed by atoms with Gasteiger partial charge >= 0.3 is 5.97 Å². The molecule has 6 rings (SSSR count). The second-order valence-electron chi connectivity index (χ2n) is 10.8. The predicted octanol–water partition coefficient (Wildman–Crippen LogP) is 4.07. The van der Waals surface area contributed by atoms with Gasteiger partial charge in [-0.25, -0.2) is 4.98 Å². The van der Waals surface area contributed by atoms with Crippen molar-refractivity contribution in [1.82, 2.24) is 9.55 Å². The molecule has 0 bridgehead atoms. The summed E-state index contributed by atoms with van der Waals surface area (Å²) in [5.41, 5.74) is 1.46. The van der Waals surface area contributed by atoms with Crippen LogP contribution in [-0.4, -0.2) is 47.3 Å². The number of fused-ring (bicyclic) bond motifs is 6. The van der Waals surface area contributed by atoms with Crippen LogP contribution in [0.25, 0.3) is 22.3 Å². The number of ether oxygens (including phenoxy) is 3. The zero-order valence-corrected chi connectivity index (χ0v) is 22.6. The van der Waals surface area contributed by atoms with E-state index in [9.17, 15) is 14.7 Å². The zero-order chi connectivity index (χ0) is 25.4. The zero-order valence-electron chi connectivity index (χ0n) is 20.8. The number of thioether (sulfide) groups is 1. The van der Waals surface area contributed by atoms with Gasteiger partial charge in [-0.05, 0) is 23.9 Å². The van der Waals surface area contributed by atoms with Crippen LogP contribution in [0.2, 0.25) is 19.6 Å². The van der Waals surface area contributed by atoms with Crippen LogP contribution in [0.15, 0.2) is 27.9 Å². The number of carbonyl (C=O) groups is 1. The van der Waals surface area contributed by atoms with Gasteiger partial charge in [0, 0.05) is 22.6 Å². The minimum atomic E-state index is -1.44. The van der Waals surface area contributed by atoms with E-state index in [0.717, 1.165) is 32.5 Å². The Morgan fingerprint density at radius 3 is 2.67 bits per heavy atom. The number of rotatable bonds is 4. The summed E-state index contributed by atoms with van der Waals surface area (Å²) in [6, 6.07) is 5.76. The number of nitrogens with zero attached hydrogens (tertiary/aromatic N) is 2. The van der Waals surface area contributed by atoms with E-state index in [0.29, 0.717) is 42.5 Å². The lowest BCUT2D eigenvalue weighted by Crippen LogP contribution is -2.39. The van der Waals surface area contributed by atoms with Crippen LogP contribution in [0.5, 0.6) is 17.2 Å². The highest BCUT2D eigenvalue weighted by Crippen LogP contribution is 2.47. The summed E-state index contributed by atoms with van der Waals surface area (Å²) < 4.78 is 18.9. The molecule has 0 aliphatic carbocycles. The van der Waals surface area contributed by atoms with Crippen molar-refractivity contribution in [2.24, 2.45) is 0 Å². The third-order valence-corrected chi connectivity index (χ3v) is 11.6. The maximum atomic E-state index is 13.4. The van der Waals surface area contributed by atoms with Gasteiger partial charge in [-0.1, -0.05) is 26.6 Å². The van der Waals surface area contributed by atoms with Crippen molar-refractivity contribution in [2.45, 2.75) is 56.4 Å². The fourth-order valence-electron chi connectivity index (χ4n) is 4.99. The number of hydrogen-bond acceptors (Lipinski definition) is 8. The molecule has 1 aromatic carbocycles. The van der Waals surface area contributed by atoms with Crippen molar-refractivity contribution in [1.29, 1.82) is 0 Å². The van der Waals surface area contributed by atoms with E-state index >= 15 is 0 Å². The first kappa shape index (κ1) is 23.6. The van der Waals surface area contributed by atoms with Crippen LogP contribution in [0, 0.1) is 0 Å². The first-order valence-electron chi connectivity index (χ1n) is 12.2. The Bertz CT molecular complexity index is 1510. The molecule has 188 valence electrons. The largest absolute Gasteiger partial charge is 0.486 e. The lowest BCUT2D eigenvalue weighted by Gasteiger charge is -2.32. The molecule has 3 aliphatic rings. The van der Waals surface area contributed by atoms with E-state index in [-0.39, 0.29) is 18.6 Å². The van der Waals surface area contributed by atoms with Crippen LogP contribution < -0.4 is 19.8 Å². The molecule has 0 saturated heterocycles. The molecule has 1 atom stereocenters. The summed E-state index contributed by atoms with van der Waals surface area (Å²) in [6.45, 7) is 10.1. The average molecular weight is 525 g/mol. The Hall–Kier alpha value is -2.82. The number of carbonyl (C=O) groups excluding carboxylic acids is 1. The molecule has 0 radical (unpaired) electrons. The molecule has 10 heteroatoms. The molecule has 3 aliphatic heterocycles. The average Bonchev–Trinajstić information content (AvgIpc) is 3.18. The normalized spacial score (nSPS) is 20.1. The Kier molecular flexibility index (Phi) is 5.30. The molecule has 1 N–H and O–H groups in total. The standard InChI is InChI=1S/C26H28N2O6SSi/c1-5-26(31)11-20(29)34-22-16(26)9-18-21-14(12-28(18)25(22)30)8-15-17(27-21)10-19-23(33-7-6-32-19)24(15)35-13-36(2,3)4/h8-10,31H,5-7,11-13H2,1-4H3/t26-/m1/s1. The molecule has 3 aromatic rings. The van der Waals surface area contributed by atoms with E-state index in [2.05, 4.69) is 25.7 Å². The molecular formula is C26H28N2O6SSi. The van der Waals surface area contributed by atoms with Crippen molar-refractivity contribution in [2.75, 3.05) is 18.6 Å². The molecule has 0 spiro atoms. The summed E-state index contributed by atoms with van der Waals surface area (Å²) in [6.07, 6.45) is 0.107. The monoisotopic (exact) mass is 524 g/mol. The van der Waals surface area contributed by atoms with Crippen molar-refractivity contribution in [3.63, 3.8) is 0 Å². The minimum Gasteiger partial charge on any atom is -0.486 e. The number of hydrogen-bond donors (Lipinski definition) is 1. The van der Waals surface area contributed by atoms with Gasteiger partial charge in [0.25, 0.3) is 5.56 Å². The smallest absolute Gasteiger partial charge is 0.314 e. The molecule has 2 aromatic heterocycles. The first-order valence-corrected chi connectivity index (χ1v) is 16.9. The Morgan fingerprint density at radius 1 is 1.14 bits per heavy atom. The van der Waals surface area contributed by atoms with Gasteiger partial charge in [0.15, 0.2) is 11.5 Å². The highest BCUT2D eigenvalue weighted by atomic mass is 32.2. The van der Waals surface area contributed by atoms with E-state index in [1.54, 1.807) is 29.3 Å². The fourth-order valence-corrected chi connectivity index (χ4v) is 7.91. The molecule has 0 unspecified atom stereocenters. The number of benzene rings is 1. The van der Waals surface area contributed by atoms with Crippen LogP contribution in [0.4, 0.5) is 0 Å². The molecule has 8 nitrogen and oxygen atoms in total. The first-order chi connectivity index (χ1) is 17.1. The predicted molar refractivity (Wildman–Crippen MR) is 140 cm³/mol.